The van der Waals surface area contributed by atoms with Crippen molar-refractivity contribution in [2.24, 2.45) is 5.41 Å². The van der Waals surface area contributed by atoms with E-state index in [0.29, 0.717) is 6.61 Å². The third-order valence-electron chi connectivity index (χ3n) is 2.83. The predicted octanol–water partition coefficient (Wildman–Crippen LogP) is 2.15. The Kier molecular flexibility index (Phi) is 2.46. The molecule has 1 aliphatic carbocycles. The summed E-state index contributed by atoms with van der Waals surface area (Å²) in [6.45, 7) is 2.94. The van der Waals surface area contributed by atoms with Crippen LogP contribution in [0.2, 0.25) is 0 Å². The zero-order valence-electron chi connectivity index (χ0n) is 8.49. The first kappa shape index (κ1) is 9.53. The first-order valence-corrected chi connectivity index (χ1v) is 5.04. The van der Waals surface area contributed by atoms with Gasteiger partial charge in [-0.05, 0) is 37.5 Å². The standard InChI is InChI=1S/C12H16O2/c1-10-3-2-4-11(7-10)14-9-12(8-13)5-6-12/h2-4,7,13H,5-6,8-9H2,1H3. The van der Waals surface area contributed by atoms with E-state index < -0.39 is 0 Å². The monoisotopic (exact) mass is 192 g/mol. The van der Waals surface area contributed by atoms with E-state index in [9.17, 15) is 0 Å². The van der Waals surface area contributed by atoms with E-state index in [1.165, 1.54) is 5.56 Å². The van der Waals surface area contributed by atoms with Gasteiger partial charge in [0.2, 0.25) is 0 Å². The molecule has 0 amide bonds. The molecular weight excluding hydrogens is 176 g/mol. The van der Waals surface area contributed by atoms with Gasteiger partial charge in [-0.2, -0.15) is 0 Å². The largest absolute Gasteiger partial charge is 0.493 e. The van der Waals surface area contributed by atoms with Crippen molar-refractivity contribution >= 4 is 0 Å². The molecule has 0 saturated heterocycles. The molecule has 1 fully saturated rings. The second-order valence-corrected chi connectivity index (χ2v) is 4.26. The highest BCUT2D eigenvalue weighted by Crippen LogP contribution is 2.45. The molecule has 0 spiro atoms. The van der Waals surface area contributed by atoms with E-state index >= 15 is 0 Å². The van der Waals surface area contributed by atoms with Gasteiger partial charge in [-0.3, -0.25) is 0 Å². The number of ether oxygens (including phenoxy) is 1. The van der Waals surface area contributed by atoms with Crippen LogP contribution in [0.25, 0.3) is 0 Å². The van der Waals surface area contributed by atoms with Crippen LogP contribution in [0.3, 0.4) is 0 Å². The third-order valence-corrected chi connectivity index (χ3v) is 2.83. The highest BCUT2D eigenvalue weighted by atomic mass is 16.5. The molecule has 1 N–H and O–H groups in total. The fourth-order valence-corrected chi connectivity index (χ4v) is 1.47. The van der Waals surface area contributed by atoms with Crippen LogP contribution in [0.5, 0.6) is 5.75 Å². The molecule has 0 heterocycles. The molecule has 0 bridgehead atoms. The smallest absolute Gasteiger partial charge is 0.119 e. The molecule has 0 radical (unpaired) electrons. The second-order valence-electron chi connectivity index (χ2n) is 4.26. The van der Waals surface area contributed by atoms with Gasteiger partial charge in [0.1, 0.15) is 5.75 Å². The van der Waals surface area contributed by atoms with Crippen molar-refractivity contribution in [1.82, 2.24) is 0 Å². The Balaban J connectivity index is 1.92. The van der Waals surface area contributed by atoms with Gasteiger partial charge in [0, 0.05) is 5.41 Å². The first-order chi connectivity index (χ1) is 6.74. The SMILES string of the molecule is Cc1cccc(OCC2(CO)CC2)c1. The number of benzene rings is 1. The summed E-state index contributed by atoms with van der Waals surface area (Å²) in [5, 5.41) is 9.11. The van der Waals surface area contributed by atoms with Crippen molar-refractivity contribution < 1.29 is 9.84 Å². The number of aliphatic hydroxyl groups is 1. The summed E-state index contributed by atoms with van der Waals surface area (Å²) in [6.07, 6.45) is 2.19. The van der Waals surface area contributed by atoms with Gasteiger partial charge in [0.15, 0.2) is 0 Å². The van der Waals surface area contributed by atoms with Crippen molar-refractivity contribution in [2.45, 2.75) is 19.8 Å². The van der Waals surface area contributed by atoms with Gasteiger partial charge in [0.05, 0.1) is 13.2 Å². The Morgan fingerprint density at radius 2 is 2.21 bits per heavy atom. The van der Waals surface area contributed by atoms with Crippen molar-refractivity contribution in [3.63, 3.8) is 0 Å². The lowest BCUT2D eigenvalue weighted by Crippen LogP contribution is -2.16. The summed E-state index contributed by atoms with van der Waals surface area (Å²) in [4.78, 5) is 0. The topological polar surface area (TPSA) is 29.5 Å². The third kappa shape index (κ3) is 2.07. The Morgan fingerprint density at radius 1 is 1.43 bits per heavy atom. The predicted molar refractivity (Wildman–Crippen MR) is 55.4 cm³/mol. The molecule has 1 aromatic rings. The Hall–Kier alpha value is -1.02. The van der Waals surface area contributed by atoms with E-state index in [4.69, 9.17) is 9.84 Å². The second kappa shape index (κ2) is 3.62. The molecule has 1 aromatic carbocycles. The Bertz CT molecular complexity index is 316. The molecule has 1 aliphatic rings. The highest BCUT2D eigenvalue weighted by molar-refractivity contribution is 5.27. The Labute approximate surface area is 84.5 Å². The van der Waals surface area contributed by atoms with Crippen LogP contribution in [0.4, 0.5) is 0 Å². The summed E-state index contributed by atoms with van der Waals surface area (Å²) < 4.78 is 5.64. The lowest BCUT2D eigenvalue weighted by molar-refractivity contribution is 0.146. The van der Waals surface area contributed by atoms with Crippen LogP contribution in [-0.2, 0) is 0 Å². The van der Waals surface area contributed by atoms with E-state index in [1.54, 1.807) is 0 Å². The lowest BCUT2D eigenvalue weighted by atomic mass is 10.1. The van der Waals surface area contributed by atoms with E-state index in [-0.39, 0.29) is 12.0 Å². The van der Waals surface area contributed by atoms with Crippen LogP contribution >= 0.6 is 0 Å². The van der Waals surface area contributed by atoms with Crippen molar-refractivity contribution in [3.8, 4) is 5.75 Å². The first-order valence-electron chi connectivity index (χ1n) is 5.04. The Morgan fingerprint density at radius 3 is 2.79 bits per heavy atom. The number of aryl methyl sites for hydroxylation is 1. The molecule has 0 unspecified atom stereocenters. The number of hydrogen-bond donors (Lipinski definition) is 1. The van der Waals surface area contributed by atoms with Gasteiger partial charge in [-0.25, -0.2) is 0 Å². The van der Waals surface area contributed by atoms with Gasteiger partial charge in [-0.1, -0.05) is 12.1 Å². The minimum absolute atomic E-state index is 0.0732. The molecule has 0 atom stereocenters. The van der Waals surface area contributed by atoms with Gasteiger partial charge in [0.25, 0.3) is 0 Å². The maximum Gasteiger partial charge on any atom is 0.119 e. The molecule has 2 heteroatoms. The molecular formula is C12H16O2. The number of hydrogen-bond acceptors (Lipinski definition) is 2. The molecule has 0 aromatic heterocycles. The molecule has 14 heavy (non-hydrogen) atoms. The summed E-state index contributed by atoms with van der Waals surface area (Å²) in [5.74, 6) is 0.907. The number of aliphatic hydroxyl groups excluding tert-OH is 1. The maximum atomic E-state index is 9.11. The normalized spacial score (nSPS) is 17.9. The van der Waals surface area contributed by atoms with Crippen molar-refractivity contribution in [3.05, 3.63) is 29.8 Å². The highest BCUT2D eigenvalue weighted by Gasteiger charge is 2.42. The van der Waals surface area contributed by atoms with E-state index in [2.05, 4.69) is 0 Å². The number of rotatable bonds is 4. The molecule has 2 nitrogen and oxygen atoms in total. The summed E-state index contributed by atoms with van der Waals surface area (Å²) in [5.41, 5.74) is 1.28. The van der Waals surface area contributed by atoms with Gasteiger partial charge >= 0.3 is 0 Å². The van der Waals surface area contributed by atoms with Crippen LogP contribution in [0.1, 0.15) is 18.4 Å². The van der Waals surface area contributed by atoms with E-state index in [1.807, 2.05) is 31.2 Å². The average molecular weight is 192 g/mol. The summed E-state index contributed by atoms with van der Waals surface area (Å²) in [6, 6.07) is 8.02. The summed E-state index contributed by atoms with van der Waals surface area (Å²) in [7, 11) is 0. The fourth-order valence-electron chi connectivity index (χ4n) is 1.47. The van der Waals surface area contributed by atoms with Crippen LogP contribution < -0.4 is 4.74 Å². The summed E-state index contributed by atoms with van der Waals surface area (Å²) >= 11 is 0. The van der Waals surface area contributed by atoms with Crippen molar-refractivity contribution in [2.75, 3.05) is 13.2 Å². The maximum absolute atomic E-state index is 9.11. The van der Waals surface area contributed by atoms with E-state index in [0.717, 1.165) is 18.6 Å². The quantitative estimate of drug-likeness (QED) is 0.792. The fraction of sp³-hybridized carbons (Fsp3) is 0.500. The minimum Gasteiger partial charge on any atom is -0.493 e. The molecule has 0 aliphatic heterocycles. The minimum atomic E-state index is 0.0732. The van der Waals surface area contributed by atoms with Crippen LogP contribution in [-0.4, -0.2) is 18.3 Å². The molecule has 1 saturated carbocycles. The van der Waals surface area contributed by atoms with Gasteiger partial charge in [-0.15, -0.1) is 0 Å². The van der Waals surface area contributed by atoms with Crippen LogP contribution in [0.15, 0.2) is 24.3 Å². The average Bonchev–Trinajstić information content (AvgIpc) is 2.96. The zero-order chi connectivity index (χ0) is 10.0. The molecule has 76 valence electrons. The lowest BCUT2D eigenvalue weighted by Gasteiger charge is -2.13. The molecule has 2 rings (SSSR count). The van der Waals surface area contributed by atoms with Gasteiger partial charge < -0.3 is 9.84 Å². The van der Waals surface area contributed by atoms with Crippen LogP contribution in [0, 0.1) is 12.3 Å². The van der Waals surface area contributed by atoms with Crippen molar-refractivity contribution in [1.29, 1.82) is 0 Å². The zero-order valence-corrected chi connectivity index (χ0v) is 8.49.